The van der Waals surface area contributed by atoms with E-state index in [-0.39, 0.29) is 12.3 Å². The minimum Gasteiger partial charge on any atom is -0.388 e. The number of hydrogen-bond donors (Lipinski definition) is 2. The second-order valence-corrected chi connectivity index (χ2v) is 6.02. The minimum absolute atomic E-state index is 0.0747. The van der Waals surface area contributed by atoms with E-state index < -0.39 is 35.2 Å². The number of likely N-dealkylation sites (tertiary alicyclic amines) is 1. The number of likely N-dealkylation sites (N-methyl/N-ethyl adjacent to an activating group) is 1. The van der Waals surface area contributed by atoms with Crippen molar-refractivity contribution in [1.82, 2.24) is 14.5 Å². The summed E-state index contributed by atoms with van der Waals surface area (Å²) in [5.74, 6) is -0.131. The van der Waals surface area contributed by atoms with Crippen LogP contribution in [0.15, 0.2) is 15.8 Å². The van der Waals surface area contributed by atoms with Gasteiger partial charge in [-0.2, -0.15) is 0 Å². The minimum atomic E-state index is -0.984. The number of nitrogens with zero attached hydrogens (tertiary/aromatic N) is 2. The van der Waals surface area contributed by atoms with Crippen molar-refractivity contribution in [3.63, 3.8) is 0 Å². The molecular weight excluding hydrogens is 290 g/mol. The van der Waals surface area contributed by atoms with E-state index in [9.17, 15) is 19.5 Å². The van der Waals surface area contributed by atoms with Crippen LogP contribution in [0.2, 0.25) is 0 Å². The predicted molar refractivity (Wildman–Crippen MR) is 76.4 cm³/mol. The number of amides is 1. The van der Waals surface area contributed by atoms with Crippen molar-refractivity contribution >= 4 is 5.91 Å². The Hall–Kier alpha value is -1.93. The number of carbonyl (C=O) groups excluding carboxylic acids is 1. The fourth-order valence-corrected chi connectivity index (χ4v) is 3.36. The van der Waals surface area contributed by atoms with E-state index >= 15 is 0 Å². The number of hydrogen-bond acceptors (Lipinski definition) is 5. The largest absolute Gasteiger partial charge is 0.388 e. The zero-order valence-corrected chi connectivity index (χ0v) is 12.7. The standard InChI is InChI=1S/C14H19N3O5/c1-4-14-5-8(18)16(3)9(10(14)19)12(22-14)17-6-7(2)11(20)15-13(17)21/h6,9-10,12,19H,4-5H2,1-3H3,(H,15,20,21)/t9-,10?,12+,14-/m0/s1. The summed E-state index contributed by atoms with van der Waals surface area (Å²) in [7, 11) is 1.58. The Morgan fingerprint density at radius 2 is 2.14 bits per heavy atom. The molecule has 22 heavy (non-hydrogen) atoms. The van der Waals surface area contributed by atoms with Crippen LogP contribution in [0.1, 0.15) is 31.6 Å². The van der Waals surface area contributed by atoms with E-state index in [0.717, 1.165) is 0 Å². The maximum absolute atomic E-state index is 12.1. The van der Waals surface area contributed by atoms with Gasteiger partial charge in [0.05, 0.1) is 6.42 Å². The highest BCUT2D eigenvalue weighted by Crippen LogP contribution is 2.46. The average molecular weight is 309 g/mol. The first-order valence-corrected chi connectivity index (χ1v) is 7.24. The van der Waals surface area contributed by atoms with E-state index in [0.29, 0.717) is 12.0 Å². The van der Waals surface area contributed by atoms with Gasteiger partial charge in [0.2, 0.25) is 5.91 Å². The fraction of sp³-hybridized carbons (Fsp3) is 0.643. The number of H-pyrrole nitrogens is 1. The number of aromatic amines is 1. The molecule has 3 heterocycles. The number of piperidine rings is 1. The number of aliphatic hydroxyl groups is 1. The second kappa shape index (κ2) is 4.79. The van der Waals surface area contributed by atoms with Gasteiger partial charge in [-0.15, -0.1) is 0 Å². The Bertz CT molecular complexity index is 739. The lowest BCUT2D eigenvalue weighted by molar-refractivity contribution is -0.150. The van der Waals surface area contributed by atoms with Gasteiger partial charge in [0.1, 0.15) is 17.7 Å². The molecule has 0 radical (unpaired) electrons. The van der Waals surface area contributed by atoms with Crippen LogP contribution >= 0.6 is 0 Å². The van der Waals surface area contributed by atoms with E-state index in [1.54, 1.807) is 14.0 Å². The van der Waals surface area contributed by atoms with E-state index in [4.69, 9.17) is 4.74 Å². The van der Waals surface area contributed by atoms with Crippen molar-refractivity contribution in [2.75, 3.05) is 7.05 Å². The van der Waals surface area contributed by atoms with Gasteiger partial charge in [-0.3, -0.25) is 19.1 Å². The van der Waals surface area contributed by atoms with Crippen molar-refractivity contribution in [2.24, 2.45) is 0 Å². The highest BCUT2D eigenvalue weighted by atomic mass is 16.6. The number of nitrogens with one attached hydrogen (secondary N) is 1. The summed E-state index contributed by atoms with van der Waals surface area (Å²) in [5.41, 5.74) is -1.70. The summed E-state index contributed by atoms with van der Waals surface area (Å²) >= 11 is 0. The fourth-order valence-electron chi connectivity index (χ4n) is 3.36. The van der Waals surface area contributed by atoms with Crippen LogP contribution in [0, 0.1) is 6.92 Å². The van der Waals surface area contributed by atoms with E-state index in [1.165, 1.54) is 15.7 Å². The molecule has 4 atom stereocenters. The molecule has 2 aliphatic heterocycles. The number of rotatable bonds is 2. The van der Waals surface area contributed by atoms with Crippen molar-refractivity contribution in [3.05, 3.63) is 32.6 Å². The predicted octanol–water partition coefficient (Wildman–Crippen LogP) is -0.886. The van der Waals surface area contributed by atoms with Gasteiger partial charge in [0.25, 0.3) is 5.56 Å². The van der Waals surface area contributed by atoms with Crippen LogP contribution in [0.25, 0.3) is 0 Å². The third-order valence-electron chi connectivity index (χ3n) is 4.82. The summed E-state index contributed by atoms with van der Waals surface area (Å²) in [6.45, 7) is 3.42. The molecule has 2 N–H and O–H groups in total. The summed E-state index contributed by atoms with van der Waals surface area (Å²) < 4.78 is 7.21. The number of ether oxygens (including phenoxy) is 1. The Morgan fingerprint density at radius 3 is 2.77 bits per heavy atom. The van der Waals surface area contributed by atoms with Gasteiger partial charge in [-0.05, 0) is 13.3 Å². The molecule has 2 fully saturated rings. The van der Waals surface area contributed by atoms with Crippen molar-refractivity contribution in [3.8, 4) is 0 Å². The van der Waals surface area contributed by atoms with Crippen LogP contribution in [0.3, 0.4) is 0 Å². The topological polar surface area (TPSA) is 105 Å². The number of aryl methyl sites for hydroxylation is 1. The molecule has 120 valence electrons. The number of aliphatic hydroxyl groups excluding tert-OH is 1. The van der Waals surface area contributed by atoms with Crippen molar-refractivity contribution in [1.29, 1.82) is 0 Å². The maximum atomic E-state index is 12.1. The summed E-state index contributed by atoms with van der Waals surface area (Å²) in [6, 6.07) is -0.663. The molecule has 0 aliphatic carbocycles. The molecular formula is C14H19N3O5. The quantitative estimate of drug-likeness (QED) is 0.738. The van der Waals surface area contributed by atoms with Crippen molar-refractivity contribution in [2.45, 2.75) is 50.7 Å². The lowest BCUT2D eigenvalue weighted by Gasteiger charge is -2.39. The lowest BCUT2D eigenvalue weighted by Crippen LogP contribution is -2.57. The Labute approximate surface area is 126 Å². The third kappa shape index (κ3) is 1.87. The number of aromatic nitrogens is 2. The van der Waals surface area contributed by atoms with Gasteiger partial charge in [0, 0.05) is 18.8 Å². The first-order valence-electron chi connectivity index (χ1n) is 7.24. The Balaban J connectivity index is 2.13. The maximum Gasteiger partial charge on any atom is 0.330 e. The van der Waals surface area contributed by atoms with E-state index in [2.05, 4.69) is 4.98 Å². The lowest BCUT2D eigenvalue weighted by atomic mass is 9.83. The highest BCUT2D eigenvalue weighted by Gasteiger charge is 2.61. The monoisotopic (exact) mass is 309 g/mol. The molecule has 8 heteroatoms. The number of carbonyl (C=O) groups is 1. The highest BCUT2D eigenvalue weighted by molar-refractivity contribution is 5.79. The molecule has 0 aromatic carbocycles. The summed E-state index contributed by atoms with van der Waals surface area (Å²) in [5, 5.41) is 10.6. The molecule has 2 aliphatic rings. The first kappa shape index (κ1) is 15.0. The van der Waals surface area contributed by atoms with Gasteiger partial charge < -0.3 is 14.7 Å². The van der Waals surface area contributed by atoms with Crippen LogP contribution in [0.5, 0.6) is 0 Å². The number of fused-ring (bicyclic) bond motifs is 2. The first-order chi connectivity index (χ1) is 10.3. The van der Waals surface area contributed by atoms with Crippen LogP contribution in [0.4, 0.5) is 0 Å². The molecule has 1 unspecified atom stereocenters. The summed E-state index contributed by atoms with van der Waals surface area (Å²) in [4.78, 5) is 39.4. The van der Waals surface area contributed by atoms with Gasteiger partial charge in [0.15, 0.2) is 6.23 Å². The second-order valence-electron chi connectivity index (χ2n) is 6.02. The van der Waals surface area contributed by atoms with Gasteiger partial charge in [-0.1, -0.05) is 6.92 Å². The van der Waals surface area contributed by atoms with Gasteiger partial charge >= 0.3 is 5.69 Å². The zero-order chi connectivity index (χ0) is 16.2. The molecule has 1 aromatic heterocycles. The third-order valence-corrected chi connectivity index (χ3v) is 4.82. The smallest absolute Gasteiger partial charge is 0.330 e. The molecule has 8 nitrogen and oxygen atoms in total. The Kier molecular flexibility index (Phi) is 3.26. The summed E-state index contributed by atoms with van der Waals surface area (Å²) in [6.07, 6.45) is 0.225. The normalized spacial score (nSPS) is 34.3. The molecule has 3 rings (SSSR count). The Morgan fingerprint density at radius 1 is 1.45 bits per heavy atom. The van der Waals surface area contributed by atoms with E-state index in [1.807, 2.05) is 6.92 Å². The SMILES string of the molecule is CC[C@]12CC(=O)N(C)[C@@H](C1O)[C@H](n1cc(C)c(=O)[nH]c1=O)O2. The van der Waals surface area contributed by atoms with Crippen LogP contribution in [-0.4, -0.2) is 50.3 Å². The molecule has 1 aromatic rings. The molecule has 1 amide bonds. The van der Waals surface area contributed by atoms with Crippen LogP contribution in [-0.2, 0) is 9.53 Å². The molecule has 2 bridgehead atoms. The van der Waals surface area contributed by atoms with Crippen molar-refractivity contribution < 1.29 is 14.6 Å². The molecule has 2 saturated heterocycles. The van der Waals surface area contributed by atoms with Crippen LogP contribution < -0.4 is 11.2 Å². The molecule has 0 spiro atoms. The zero-order valence-electron chi connectivity index (χ0n) is 12.7. The molecule has 0 saturated carbocycles. The van der Waals surface area contributed by atoms with Gasteiger partial charge in [-0.25, -0.2) is 4.79 Å². The average Bonchev–Trinajstić information content (AvgIpc) is 2.68.